The Balaban J connectivity index is 4.27. The van der Waals surface area contributed by atoms with Crippen molar-refractivity contribution < 1.29 is 9.59 Å². The van der Waals surface area contributed by atoms with Crippen molar-refractivity contribution in [3.63, 3.8) is 0 Å². The van der Waals surface area contributed by atoms with Gasteiger partial charge < -0.3 is 0 Å². The van der Waals surface area contributed by atoms with Crippen molar-refractivity contribution in [2.24, 2.45) is 4.99 Å². The monoisotopic (exact) mass is 166 g/mol. The molecule has 0 rings (SSSR count). The molecule has 0 radical (unpaired) electrons. The molecule has 3 amide bonds. The van der Waals surface area contributed by atoms with E-state index in [-0.39, 0.29) is 12.3 Å². The number of hydrogen-bond donors (Lipinski definition) is 0. The third kappa shape index (κ3) is 2.94. The van der Waals surface area contributed by atoms with Gasteiger partial charge in [-0.15, -0.1) is 11.6 Å². The highest BCUT2D eigenvalue weighted by Gasteiger charge is 2.13. The van der Waals surface area contributed by atoms with Gasteiger partial charge in [-0.2, -0.15) is 0 Å². The smallest absolute Gasteiger partial charge is 0.274 e. The molecule has 4 nitrogen and oxygen atoms in total. The fourth-order valence-corrected chi connectivity index (χ4v) is 0.510. The number of urea groups is 1. The van der Waals surface area contributed by atoms with Crippen molar-refractivity contribution in [1.29, 1.82) is 0 Å². The van der Waals surface area contributed by atoms with Gasteiger partial charge in [0.15, 0.2) is 0 Å². The van der Waals surface area contributed by atoms with E-state index in [1.807, 2.05) is 0 Å². The van der Waals surface area contributed by atoms with E-state index >= 15 is 0 Å². The Morgan fingerprint density at radius 3 is 2.67 bits per heavy atom. The third-order valence-corrected chi connectivity index (χ3v) is 1.15. The zero-order chi connectivity index (χ0) is 9.56. The first kappa shape index (κ1) is 10.3. The number of carbonyl (C=O) groups excluding carboxylic acids is 2. The van der Waals surface area contributed by atoms with E-state index in [1.165, 1.54) is 13.1 Å². The van der Waals surface area contributed by atoms with E-state index in [1.54, 1.807) is 0 Å². The van der Waals surface area contributed by atoms with Gasteiger partial charge in [0.1, 0.15) is 0 Å². The first-order valence-electron chi connectivity index (χ1n) is 3.27. The summed E-state index contributed by atoms with van der Waals surface area (Å²) in [6.07, 6.45) is 1.54. The fraction of sp³-hybridized carbons (Fsp3) is 0.250. The third-order valence-electron chi connectivity index (χ3n) is 1.15. The topological polar surface area (TPSA) is 49.7 Å². The van der Waals surface area contributed by atoms with Crippen LogP contribution in [0.5, 0.6) is 0 Å². The van der Waals surface area contributed by atoms with Gasteiger partial charge >= 0.3 is 6.03 Å². The minimum Gasteiger partial charge on any atom is -0.274 e. The second-order valence-electron chi connectivity index (χ2n) is 2.00. The Bertz CT molecular complexity index is 252. The van der Waals surface area contributed by atoms with E-state index < -0.39 is 6.03 Å². The number of rotatable bonds is 2. The van der Waals surface area contributed by atoms with Gasteiger partial charge in [0.2, 0.25) is 5.91 Å². The molecule has 0 aromatic heterocycles. The van der Waals surface area contributed by atoms with Gasteiger partial charge in [-0.25, -0.2) is 4.79 Å². The highest BCUT2D eigenvalue weighted by Crippen LogP contribution is 1.93. The molecule has 0 spiro atoms. The van der Waals surface area contributed by atoms with Gasteiger partial charge in [-0.3, -0.25) is 9.69 Å². The van der Waals surface area contributed by atoms with Gasteiger partial charge in [-0.05, 0) is 12.4 Å². The summed E-state index contributed by atoms with van der Waals surface area (Å²) in [6, 6.07) is -0.670. The SMILES string of the molecule is C=C=NC(=O)N(C)C(=O)CC=C. The predicted molar refractivity (Wildman–Crippen MR) is 46.0 cm³/mol. The molecule has 0 bridgehead atoms. The van der Waals surface area contributed by atoms with Gasteiger partial charge in [0, 0.05) is 13.5 Å². The van der Waals surface area contributed by atoms with Crippen LogP contribution in [-0.4, -0.2) is 29.8 Å². The van der Waals surface area contributed by atoms with E-state index in [9.17, 15) is 9.59 Å². The summed E-state index contributed by atoms with van der Waals surface area (Å²) >= 11 is 0. The molecule has 0 saturated heterocycles. The molecule has 0 saturated carbocycles. The zero-order valence-electron chi connectivity index (χ0n) is 6.91. The van der Waals surface area contributed by atoms with E-state index in [2.05, 4.69) is 24.0 Å². The maximum Gasteiger partial charge on any atom is 0.358 e. The molecule has 0 aliphatic heterocycles. The molecule has 0 aliphatic rings. The molecule has 0 N–H and O–H groups in total. The largest absolute Gasteiger partial charge is 0.358 e. The molecule has 12 heavy (non-hydrogen) atoms. The van der Waals surface area contributed by atoms with Crippen LogP contribution in [0.4, 0.5) is 4.79 Å². The van der Waals surface area contributed by atoms with Crippen molar-refractivity contribution in [3.8, 4) is 0 Å². The van der Waals surface area contributed by atoms with Crippen molar-refractivity contribution in [2.75, 3.05) is 7.05 Å². The molecule has 0 atom stereocenters. The maximum atomic E-state index is 11.0. The summed E-state index contributed by atoms with van der Waals surface area (Å²) in [5.74, 6) is 1.70. The minimum absolute atomic E-state index is 0.120. The Labute approximate surface area is 70.9 Å². The average Bonchev–Trinajstić information content (AvgIpc) is 2.04. The highest BCUT2D eigenvalue weighted by molar-refractivity contribution is 5.96. The van der Waals surface area contributed by atoms with Crippen molar-refractivity contribution >= 4 is 17.8 Å². The van der Waals surface area contributed by atoms with Crippen molar-refractivity contribution in [3.05, 3.63) is 19.2 Å². The van der Waals surface area contributed by atoms with Crippen LogP contribution < -0.4 is 0 Å². The number of imide groups is 1. The predicted octanol–water partition coefficient (Wildman–Crippen LogP) is 0.997. The molecular weight excluding hydrogens is 156 g/mol. The lowest BCUT2D eigenvalue weighted by molar-refractivity contribution is -0.126. The lowest BCUT2D eigenvalue weighted by Crippen LogP contribution is -2.30. The first-order chi connectivity index (χ1) is 5.63. The van der Waals surface area contributed by atoms with Crippen LogP contribution in [0, 0.1) is 0 Å². The van der Waals surface area contributed by atoms with Crippen LogP contribution in [0.1, 0.15) is 6.42 Å². The molecule has 0 aromatic carbocycles. The lowest BCUT2D eigenvalue weighted by atomic mass is 10.4. The van der Waals surface area contributed by atoms with Crippen molar-refractivity contribution in [1.82, 2.24) is 4.90 Å². The number of carbonyl (C=O) groups is 2. The fourth-order valence-electron chi connectivity index (χ4n) is 0.510. The number of nitrogens with zero attached hydrogens (tertiary/aromatic N) is 2. The van der Waals surface area contributed by atoms with Gasteiger partial charge in [0.05, 0.1) is 0 Å². The molecule has 64 valence electrons. The molecule has 0 heterocycles. The van der Waals surface area contributed by atoms with Gasteiger partial charge in [-0.1, -0.05) is 6.08 Å². The Morgan fingerprint density at radius 1 is 1.67 bits per heavy atom. The summed E-state index contributed by atoms with van der Waals surface area (Å²) in [6.45, 7) is 6.49. The zero-order valence-corrected chi connectivity index (χ0v) is 6.91. The van der Waals surface area contributed by atoms with Gasteiger partial charge in [0.25, 0.3) is 0 Å². The summed E-state index contributed by atoms with van der Waals surface area (Å²) < 4.78 is 0. The molecule has 0 aromatic rings. The lowest BCUT2D eigenvalue weighted by Gasteiger charge is -2.09. The first-order valence-corrected chi connectivity index (χ1v) is 3.27. The van der Waals surface area contributed by atoms with Crippen LogP contribution in [0.25, 0.3) is 0 Å². The quantitative estimate of drug-likeness (QED) is 0.454. The normalized spacial score (nSPS) is 8.08. The summed E-state index contributed by atoms with van der Waals surface area (Å²) in [7, 11) is 1.34. The Morgan fingerprint density at radius 2 is 2.25 bits per heavy atom. The highest BCUT2D eigenvalue weighted by atomic mass is 16.2. The van der Waals surface area contributed by atoms with Crippen LogP contribution in [-0.2, 0) is 4.79 Å². The standard InChI is InChI=1S/C8H10N2O2/c1-4-6-7(11)10(3)8(12)9-5-2/h4H,1-2,6H2,3H3. The summed E-state index contributed by atoms with van der Waals surface area (Å²) in [4.78, 5) is 25.9. The molecule has 4 heteroatoms. The van der Waals surface area contributed by atoms with E-state index in [4.69, 9.17) is 0 Å². The minimum atomic E-state index is -0.670. The van der Waals surface area contributed by atoms with Crippen molar-refractivity contribution in [2.45, 2.75) is 6.42 Å². The maximum absolute atomic E-state index is 11.0. The van der Waals surface area contributed by atoms with Crippen LogP contribution in [0.2, 0.25) is 0 Å². The molecule has 0 aliphatic carbocycles. The Kier molecular flexibility index (Phi) is 4.34. The van der Waals surface area contributed by atoms with E-state index in [0.29, 0.717) is 0 Å². The van der Waals surface area contributed by atoms with Crippen LogP contribution in [0.15, 0.2) is 24.2 Å². The number of hydrogen-bond acceptors (Lipinski definition) is 2. The second-order valence-corrected chi connectivity index (χ2v) is 2.00. The van der Waals surface area contributed by atoms with E-state index in [0.717, 1.165) is 4.90 Å². The molecule has 0 unspecified atom stereocenters. The van der Waals surface area contributed by atoms with Crippen LogP contribution >= 0.6 is 0 Å². The molecular formula is C8H10N2O2. The molecule has 0 fully saturated rings. The summed E-state index contributed by atoms with van der Waals surface area (Å²) in [5.41, 5.74) is 0. The average molecular weight is 166 g/mol. The van der Waals surface area contributed by atoms with Crippen LogP contribution in [0.3, 0.4) is 0 Å². The summed E-state index contributed by atoms with van der Waals surface area (Å²) in [5, 5.41) is 0. The number of amides is 3. The Hall–Kier alpha value is -1.67. The second kappa shape index (κ2) is 5.04. The number of aliphatic imine (C=N–C) groups is 1.